The van der Waals surface area contributed by atoms with Gasteiger partial charge in [-0.15, -0.1) is 0 Å². The standard InChI is InChI=1S/C21H26N2O3/c1-15-7-4-5-8-18(15)22-21(24)14-23-12-6-9-19(23)17-11-10-16(25-2)13-20(17)26-3/h4-5,7-8,10-11,13,19H,6,9,12,14H2,1-3H3,(H,22,24). The maximum Gasteiger partial charge on any atom is 0.238 e. The van der Waals surface area contributed by atoms with Crippen LogP contribution < -0.4 is 14.8 Å². The van der Waals surface area contributed by atoms with Crippen LogP contribution in [0.3, 0.4) is 0 Å². The first-order chi connectivity index (χ1) is 12.6. The molecule has 1 fully saturated rings. The Morgan fingerprint density at radius 3 is 2.73 bits per heavy atom. The number of anilines is 1. The number of amides is 1. The van der Waals surface area contributed by atoms with E-state index in [1.54, 1.807) is 14.2 Å². The lowest BCUT2D eigenvalue weighted by molar-refractivity contribution is -0.117. The molecule has 1 unspecified atom stereocenters. The van der Waals surface area contributed by atoms with Gasteiger partial charge in [-0.05, 0) is 44.0 Å². The molecule has 1 heterocycles. The van der Waals surface area contributed by atoms with Crippen LogP contribution in [0.25, 0.3) is 0 Å². The van der Waals surface area contributed by atoms with Crippen LogP contribution in [0.2, 0.25) is 0 Å². The fourth-order valence-corrected chi connectivity index (χ4v) is 3.55. The number of rotatable bonds is 6. The third-order valence-corrected chi connectivity index (χ3v) is 4.93. The monoisotopic (exact) mass is 354 g/mol. The molecule has 1 saturated heterocycles. The van der Waals surface area contributed by atoms with E-state index in [1.807, 2.05) is 49.4 Å². The fraction of sp³-hybridized carbons (Fsp3) is 0.381. The minimum atomic E-state index is 0.0127. The third kappa shape index (κ3) is 3.99. The molecule has 26 heavy (non-hydrogen) atoms. The van der Waals surface area contributed by atoms with Crippen LogP contribution >= 0.6 is 0 Å². The summed E-state index contributed by atoms with van der Waals surface area (Å²) in [5.74, 6) is 1.59. The Morgan fingerprint density at radius 1 is 1.19 bits per heavy atom. The summed E-state index contributed by atoms with van der Waals surface area (Å²) >= 11 is 0. The Morgan fingerprint density at radius 2 is 2.00 bits per heavy atom. The van der Waals surface area contributed by atoms with Crippen molar-refractivity contribution in [1.29, 1.82) is 0 Å². The highest BCUT2D eigenvalue weighted by molar-refractivity contribution is 5.93. The molecule has 1 aliphatic rings. The van der Waals surface area contributed by atoms with E-state index in [-0.39, 0.29) is 11.9 Å². The number of benzene rings is 2. The smallest absolute Gasteiger partial charge is 0.238 e. The van der Waals surface area contributed by atoms with Crippen molar-refractivity contribution in [1.82, 2.24) is 4.90 Å². The largest absolute Gasteiger partial charge is 0.497 e. The van der Waals surface area contributed by atoms with E-state index >= 15 is 0 Å². The topological polar surface area (TPSA) is 50.8 Å². The van der Waals surface area contributed by atoms with Gasteiger partial charge in [0.2, 0.25) is 5.91 Å². The molecule has 1 aliphatic heterocycles. The highest BCUT2D eigenvalue weighted by Gasteiger charge is 2.29. The Balaban J connectivity index is 1.72. The van der Waals surface area contributed by atoms with E-state index in [2.05, 4.69) is 10.2 Å². The molecule has 0 spiro atoms. The Labute approximate surface area is 154 Å². The molecule has 2 aromatic rings. The van der Waals surface area contributed by atoms with E-state index in [0.717, 1.165) is 47.7 Å². The van der Waals surface area contributed by atoms with Gasteiger partial charge in [-0.25, -0.2) is 0 Å². The molecule has 0 aliphatic carbocycles. The SMILES string of the molecule is COc1ccc(C2CCCN2CC(=O)Nc2ccccc2C)c(OC)c1. The first-order valence-corrected chi connectivity index (χ1v) is 8.94. The van der Waals surface area contributed by atoms with Crippen molar-refractivity contribution >= 4 is 11.6 Å². The first-order valence-electron chi connectivity index (χ1n) is 8.94. The number of ether oxygens (including phenoxy) is 2. The van der Waals surface area contributed by atoms with Crippen LogP contribution in [0.15, 0.2) is 42.5 Å². The maximum absolute atomic E-state index is 12.5. The molecule has 0 saturated carbocycles. The number of hydrogen-bond acceptors (Lipinski definition) is 4. The maximum atomic E-state index is 12.5. The van der Waals surface area contributed by atoms with Crippen LogP contribution in [-0.2, 0) is 4.79 Å². The van der Waals surface area contributed by atoms with Gasteiger partial charge in [0.1, 0.15) is 11.5 Å². The van der Waals surface area contributed by atoms with Crippen LogP contribution in [0, 0.1) is 6.92 Å². The van der Waals surface area contributed by atoms with E-state index in [0.29, 0.717) is 6.54 Å². The van der Waals surface area contributed by atoms with E-state index in [9.17, 15) is 4.79 Å². The van der Waals surface area contributed by atoms with Crippen molar-refractivity contribution in [2.45, 2.75) is 25.8 Å². The number of likely N-dealkylation sites (tertiary alicyclic amines) is 1. The molecule has 2 aromatic carbocycles. The van der Waals surface area contributed by atoms with Gasteiger partial charge >= 0.3 is 0 Å². The lowest BCUT2D eigenvalue weighted by Crippen LogP contribution is -2.33. The zero-order valence-corrected chi connectivity index (χ0v) is 15.6. The van der Waals surface area contributed by atoms with Gasteiger partial charge in [-0.1, -0.05) is 24.3 Å². The second kappa shape index (κ2) is 8.23. The van der Waals surface area contributed by atoms with Gasteiger partial charge in [0.25, 0.3) is 0 Å². The lowest BCUT2D eigenvalue weighted by atomic mass is 10.0. The average molecular weight is 354 g/mol. The molecular formula is C21H26N2O3. The van der Waals surface area contributed by atoms with Crippen LogP contribution in [0.4, 0.5) is 5.69 Å². The highest BCUT2D eigenvalue weighted by atomic mass is 16.5. The Hall–Kier alpha value is -2.53. The molecule has 0 bridgehead atoms. The molecule has 0 aromatic heterocycles. The molecule has 1 N–H and O–H groups in total. The molecule has 1 atom stereocenters. The van der Waals surface area contributed by atoms with Crippen molar-refractivity contribution in [3.63, 3.8) is 0 Å². The molecule has 5 nitrogen and oxygen atoms in total. The van der Waals surface area contributed by atoms with Crippen LogP contribution in [0.5, 0.6) is 11.5 Å². The zero-order valence-electron chi connectivity index (χ0n) is 15.6. The number of para-hydroxylation sites is 1. The molecule has 3 rings (SSSR count). The first kappa shape index (κ1) is 18.3. The molecule has 0 radical (unpaired) electrons. The van der Waals surface area contributed by atoms with Crippen molar-refractivity contribution in [2.24, 2.45) is 0 Å². The number of methoxy groups -OCH3 is 2. The highest BCUT2D eigenvalue weighted by Crippen LogP contribution is 2.38. The summed E-state index contributed by atoms with van der Waals surface area (Å²) in [6.45, 7) is 3.27. The normalized spacial score (nSPS) is 17.1. The number of aryl methyl sites for hydroxylation is 1. The number of carbonyl (C=O) groups is 1. The summed E-state index contributed by atoms with van der Waals surface area (Å²) in [5, 5.41) is 3.02. The summed E-state index contributed by atoms with van der Waals surface area (Å²) in [7, 11) is 3.31. The molecule has 138 valence electrons. The van der Waals surface area contributed by atoms with E-state index in [4.69, 9.17) is 9.47 Å². The number of hydrogen-bond donors (Lipinski definition) is 1. The predicted octanol–water partition coefficient (Wildman–Crippen LogP) is 3.79. The van der Waals surface area contributed by atoms with Crippen molar-refractivity contribution in [3.05, 3.63) is 53.6 Å². The minimum absolute atomic E-state index is 0.0127. The van der Waals surface area contributed by atoms with Crippen molar-refractivity contribution in [2.75, 3.05) is 32.6 Å². The Bertz CT molecular complexity index is 776. The van der Waals surface area contributed by atoms with Crippen molar-refractivity contribution < 1.29 is 14.3 Å². The van der Waals surface area contributed by atoms with Crippen molar-refractivity contribution in [3.8, 4) is 11.5 Å². The summed E-state index contributed by atoms with van der Waals surface area (Å²) < 4.78 is 10.8. The quantitative estimate of drug-likeness (QED) is 0.857. The Kier molecular flexibility index (Phi) is 5.78. The second-order valence-corrected chi connectivity index (χ2v) is 6.60. The number of nitrogens with one attached hydrogen (secondary N) is 1. The van der Waals surface area contributed by atoms with Crippen LogP contribution in [-0.4, -0.2) is 38.1 Å². The number of nitrogens with zero attached hydrogens (tertiary/aromatic N) is 1. The summed E-state index contributed by atoms with van der Waals surface area (Å²) in [5.41, 5.74) is 3.04. The average Bonchev–Trinajstić information content (AvgIpc) is 3.10. The minimum Gasteiger partial charge on any atom is -0.497 e. The molecule has 5 heteroatoms. The molecule has 1 amide bonds. The predicted molar refractivity (Wildman–Crippen MR) is 103 cm³/mol. The van der Waals surface area contributed by atoms with Gasteiger partial charge in [-0.2, -0.15) is 0 Å². The van der Waals surface area contributed by atoms with Gasteiger partial charge in [0.15, 0.2) is 0 Å². The molecular weight excluding hydrogens is 328 g/mol. The van der Waals surface area contributed by atoms with Crippen LogP contribution in [0.1, 0.15) is 30.0 Å². The third-order valence-electron chi connectivity index (χ3n) is 4.93. The van der Waals surface area contributed by atoms with Gasteiger partial charge in [0.05, 0.1) is 20.8 Å². The summed E-state index contributed by atoms with van der Waals surface area (Å²) in [6, 6.07) is 13.9. The zero-order chi connectivity index (χ0) is 18.5. The summed E-state index contributed by atoms with van der Waals surface area (Å²) in [6.07, 6.45) is 2.08. The fourth-order valence-electron chi connectivity index (χ4n) is 3.55. The van der Waals surface area contributed by atoms with Gasteiger partial charge in [0, 0.05) is 23.4 Å². The van der Waals surface area contributed by atoms with E-state index in [1.165, 1.54) is 0 Å². The second-order valence-electron chi connectivity index (χ2n) is 6.60. The van der Waals surface area contributed by atoms with E-state index < -0.39 is 0 Å². The van der Waals surface area contributed by atoms with Gasteiger partial charge in [-0.3, -0.25) is 9.69 Å². The lowest BCUT2D eigenvalue weighted by Gasteiger charge is -2.26. The number of carbonyl (C=O) groups excluding carboxylic acids is 1. The van der Waals surface area contributed by atoms with Gasteiger partial charge < -0.3 is 14.8 Å². The summed E-state index contributed by atoms with van der Waals surface area (Å²) in [4.78, 5) is 14.8.